The smallest absolute Gasteiger partial charge is 0.0906 e. The van der Waals surface area contributed by atoms with Gasteiger partial charge in [0.2, 0.25) is 0 Å². The van der Waals surface area contributed by atoms with E-state index in [1.54, 1.807) is 0 Å². The molecule has 0 bridgehead atoms. The van der Waals surface area contributed by atoms with Gasteiger partial charge in [0, 0.05) is 19.3 Å². The van der Waals surface area contributed by atoms with Gasteiger partial charge in [-0.05, 0) is 19.9 Å². The summed E-state index contributed by atoms with van der Waals surface area (Å²) in [4.78, 5) is 0. The van der Waals surface area contributed by atoms with E-state index in [9.17, 15) is 0 Å². The molecule has 1 aromatic heterocycles. The summed E-state index contributed by atoms with van der Waals surface area (Å²) in [6.45, 7) is 5.38. The van der Waals surface area contributed by atoms with Crippen LogP contribution in [0.3, 0.4) is 0 Å². The molecule has 3 heteroatoms. The maximum absolute atomic E-state index is 5.21. The highest BCUT2D eigenvalue weighted by atomic mass is 16.5. The first-order valence-electron chi connectivity index (χ1n) is 3.81. The lowest BCUT2D eigenvalue weighted by atomic mass is 10.4. The van der Waals surface area contributed by atoms with Crippen LogP contribution in [0, 0.1) is 6.92 Å². The SMILES string of the molecule is CCOCc1cc(C)n(C)n1. The van der Waals surface area contributed by atoms with Crippen LogP contribution in [-0.2, 0) is 18.4 Å². The molecule has 0 aromatic carbocycles. The highest BCUT2D eigenvalue weighted by Crippen LogP contribution is 2.01. The van der Waals surface area contributed by atoms with Crippen molar-refractivity contribution in [2.45, 2.75) is 20.5 Å². The van der Waals surface area contributed by atoms with Gasteiger partial charge in [-0.1, -0.05) is 0 Å². The normalized spacial score (nSPS) is 10.5. The second kappa shape index (κ2) is 3.53. The van der Waals surface area contributed by atoms with Crippen molar-refractivity contribution in [1.82, 2.24) is 9.78 Å². The lowest BCUT2D eigenvalue weighted by molar-refractivity contribution is 0.131. The monoisotopic (exact) mass is 154 g/mol. The van der Waals surface area contributed by atoms with Gasteiger partial charge in [0.1, 0.15) is 0 Å². The quantitative estimate of drug-likeness (QED) is 0.655. The van der Waals surface area contributed by atoms with Crippen LogP contribution in [0.4, 0.5) is 0 Å². The Morgan fingerprint density at radius 1 is 1.64 bits per heavy atom. The molecule has 0 radical (unpaired) electrons. The van der Waals surface area contributed by atoms with Gasteiger partial charge in [0.05, 0.1) is 12.3 Å². The summed E-state index contributed by atoms with van der Waals surface area (Å²) in [5.41, 5.74) is 2.17. The van der Waals surface area contributed by atoms with Crippen molar-refractivity contribution >= 4 is 0 Å². The summed E-state index contributed by atoms with van der Waals surface area (Å²) >= 11 is 0. The lowest BCUT2D eigenvalue weighted by Gasteiger charge is -1.94. The second-order valence-electron chi connectivity index (χ2n) is 2.54. The minimum absolute atomic E-state index is 0.623. The van der Waals surface area contributed by atoms with Gasteiger partial charge in [0.15, 0.2) is 0 Å². The van der Waals surface area contributed by atoms with Crippen molar-refractivity contribution in [2.24, 2.45) is 7.05 Å². The number of nitrogens with zero attached hydrogens (tertiary/aromatic N) is 2. The summed E-state index contributed by atoms with van der Waals surface area (Å²) in [5.74, 6) is 0. The topological polar surface area (TPSA) is 27.1 Å². The molecule has 0 aliphatic heterocycles. The van der Waals surface area contributed by atoms with Crippen molar-refractivity contribution in [3.63, 3.8) is 0 Å². The van der Waals surface area contributed by atoms with E-state index >= 15 is 0 Å². The van der Waals surface area contributed by atoms with Gasteiger partial charge >= 0.3 is 0 Å². The van der Waals surface area contributed by atoms with Crippen molar-refractivity contribution in [3.8, 4) is 0 Å². The molecule has 0 unspecified atom stereocenters. The van der Waals surface area contributed by atoms with Crippen LogP contribution in [0.1, 0.15) is 18.3 Å². The zero-order valence-corrected chi connectivity index (χ0v) is 7.29. The molecule has 0 saturated carbocycles. The summed E-state index contributed by atoms with van der Waals surface area (Å²) in [6.07, 6.45) is 0. The maximum atomic E-state index is 5.21. The number of rotatable bonds is 3. The van der Waals surface area contributed by atoms with Crippen LogP contribution in [0.25, 0.3) is 0 Å². The Labute approximate surface area is 67.0 Å². The molecule has 0 fully saturated rings. The largest absolute Gasteiger partial charge is 0.375 e. The summed E-state index contributed by atoms with van der Waals surface area (Å²) in [5, 5.41) is 4.24. The molecule has 0 aliphatic carbocycles. The van der Waals surface area contributed by atoms with Crippen LogP contribution in [-0.4, -0.2) is 16.4 Å². The zero-order chi connectivity index (χ0) is 8.27. The van der Waals surface area contributed by atoms with Gasteiger partial charge < -0.3 is 4.74 Å². The van der Waals surface area contributed by atoms with E-state index in [0.717, 1.165) is 12.3 Å². The van der Waals surface area contributed by atoms with Crippen LogP contribution >= 0.6 is 0 Å². The van der Waals surface area contributed by atoms with Crippen molar-refractivity contribution in [2.75, 3.05) is 6.61 Å². The van der Waals surface area contributed by atoms with Crippen LogP contribution in [0.5, 0.6) is 0 Å². The molecule has 0 spiro atoms. The van der Waals surface area contributed by atoms with Crippen LogP contribution in [0.15, 0.2) is 6.07 Å². The molecular weight excluding hydrogens is 140 g/mol. The second-order valence-corrected chi connectivity index (χ2v) is 2.54. The molecule has 1 aromatic rings. The van der Waals surface area contributed by atoms with E-state index in [2.05, 4.69) is 5.10 Å². The van der Waals surface area contributed by atoms with Crippen molar-refractivity contribution in [1.29, 1.82) is 0 Å². The molecule has 1 heterocycles. The number of ether oxygens (including phenoxy) is 1. The highest BCUT2D eigenvalue weighted by Gasteiger charge is 1.99. The molecular formula is C8H14N2O. The van der Waals surface area contributed by atoms with E-state index in [1.807, 2.05) is 31.6 Å². The average Bonchev–Trinajstić information content (AvgIpc) is 2.28. The Hall–Kier alpha value is -0.830. The Kier molecular flexibility index (Phi) is 2.65. The highest BCUT2D eigenvalue weighted by molar-refractivity contribution is 5.07. The lowest BCUT2D eigenvalue weighted by Crippen LogP contribution is -1.95. The van der Waals surface area contributed by atoms with Gasteiger partial charge in [-0.15, -0.1) is 0 Å². The molecule has 3 nitrogen and oxygen atoms in total. The summed E-state index contributed by atoms with van der Waals surface area (Å²) in [6, 6.07) is 2.04. The Bertz CT molecular complexity index is 210. The van der Waals surface area contributed by atoms with E-state index in [4.69, 9.17) is 4.74 Å². The Morgan fingerprint density at radius 2 is 2.36 bits per heavy atom. The minimum atomic E-state index is 0.623. The first-order chi connectivity index (χ1) is 5.24. The maximum Gasteiger partial charge on any atom is 0.0906 e. The predicted molar refractivity (Wildman–Crippen MR) is 43.3 cm³/mol. The van der Waals surface area contributed by atoms with E-state index in [0.29, 0.717) is 6.61 Å². The number of aryl methyl sites for hydroxylation is 2. The van der Waals surface area contributed by atoms with E-state index in [-0.39, 0.29) is 0 Å². The predicted octanol–water partition coefficient (Wildman–Crippen LogP) is 1.27. The molecule has 1 rings (SSSR count). The standard InChI is InChI=1S/C8H14N2O/c1-4-11-6-8-5-7(2)10(3)9-8/h5H,4,6H2,1-3H3. The molecule has 62 valence electrons. The van der Waals surface area contributed by atoms with Crippen molar-refractivity contribution < 1.29 is 4.74 Å². The minimum Gasteiger partial charge on any atom is -0.375 e. The molecule has 0 N–H and O–H groups in total. The number of hydrogen-bond acceptors (Lipinski definition) is 2. The Morgan fingerprint density at radius 3 is 2.82 bits per heavy atom. The fourth-order valence-corrected chi connectivity index (χ4v) is 0.912. The van der Waals surface area contributed by atoms with Crippen molar-refractivity contribution in [3.05, 3.63) is 17.5 Å². The van der Waals surface area contributed by atoms with E-state index in [1.165, 1.54) is 5.69 Å². The van der Waals surface area contributed by atoms with Crippen LogP contribution < -0.4 is 0 Å². The third kappa shape index (κ3) is 2.05. The van der Waals surface area contributed by atoms with E-state index < -0.39 is 0 Å². The van der Waals surface area contributed by atoms with Gasteiger partial charge in [-0.25, -0.2) is 0 Å². The molecule has 0 saturated heterocycles. The molecule has 0 aliphatic rings. The first-order valence-corrected chi connectivity index (χ1v) is 3.81. The average molecular weight is 154 g/mol. The fraction of sp³-hybridized carbons (Fsp3) is 0.625. The summed E-state index contributed by atoms with van der Waals surface area (Å²) in [7, 11) is 1.94. The molecule has 0 amide bonds. The molecule has 11 heavy (non-hydrogen) atoms. The number of hydrogen-bond donors (Lipinski definition) is 0. The Balaban J connectivity index is 2.58. The van der Waals surface area contributed by atoms with Gasteiger partial charge in [-0.2, -0.15) is 5.10 Å². The number of aromatic nitrogens is 2. The molecule has 0 atom stereocenters. The van der Waals surface area contributed by atoms with Gasteiger partial charge in [0.25, 0.3) is 0 Å². The van der Waals surface area contributed by atoms with Crippen LogP contribution in [0.2, 0.25) is 0 Å². The fourth-order valence-electron chi connectivity index (χ4n) is 0.912. The zero-order valence-electron chi connectivity index (χ0n) is 7.29. The first kappa shape index (κ1) is 8.27. The summed E-state index contributed by atoms with van der Waals surface area (Å²) < 4.78 is 7.07. The third-order valence-electron chi connectivity index (χ3n) is 1.62. The third-order valence-corrected chi connectivity index (χ3v) is 1.62. The van der Waals surface area contributed by atoms with Gasteiger partial charge in [-0.3, -0.25) is 4.68 Å².